The Bertz CT molecular complexity index is 2390. The lowest BCUT2D eigenvalue weighted by Gasteiger charge is -2.23. The van der Waals surface area contributed by atoms with Gasteiger partial charge in [0.15, 0.2) is 5.82 Å². The van der Waals surface area contributed by atoms with Crippen LogP contribution in [0.5, 0.6) is 0 Å². The van der Waals surface area contributed by atoms with Gasteiger partial charge in [0.2, 0.25) is 0 Å². The second-order valence-corrected chi connectivity index (χ2v) is 12.9. The average Bonchev–Trinajstić information content (AvgIpc) is 3.37. The number of nitrogens with zero attached hydrogens (tertiary/aromatic N) is 3. The third-order valence-corrected chi connectivity index (χ3v) is 9.68. The number of pyridine rings is 1. The van der Waals surface area contributed by atoms with Crippen molar-refractivity contribution < 1.29 is 0 Å². The average molecular weight is 602 g/mol. The molecule has 0 spiro atoms. The highest BCUT2D eigenvalue weighted by Gasteiger charge is 2.35. The normalized spacial score (nSPS) is 13.1. The van der Waals surface area contributed by atoms with Crippen LogP contribution < -0.4 is 0 Å². The summed E-state index contributed by atoms with van der Waals surface area (Å²) in [5.74, 6) is 0.719. The van der Waals surface area contributed by atoms with Gasteiger partial charge in [-0.1, -0.05) is 117 Å². The zero-order chi connectivity index (χ0) is 31.5. The van der Waals surface area contributed by atoms with Gasteiger partial charge in [-0.3, -0.25) is 4.98 Å². The van der Waals surface area contributed by atoms with Crippen LogP contribution in [-0.2, 0) is 5.41 Å². The van der Waals surface area contributed by atoms with E-state index in [0.717, 1.165) is 45.2 Å². The van der Waals surface area contributed by atoms with Gasteiger partial charge in [0, 0.05) is 33.9 Å². The molecular formula is C44H31N3. The topological polar surface area (TPSA) is 38.7 Å². The Balaban J connectivity index is 1.12. The molecule has 9 rings (SSSR count). The molecule has 0 saturated heterocycles. The Morgan fingerprint density at radius 2 is 0.936 bits per heavy atom. The minimum Gasteiger partial charge on any atom is -0.256 e. The van der Waals surface area contributed by atoms with Crippen LogP contribution in [0.25, 0.3) is 77.8 Å². The molecule has 0 aliphatic heterocycles. The second kappa shape index (κ2) is 10.6. The Morgan fingerprint density at radius 1 is 0.404 bits per heavy atom. The first-order valence-corrected chi connectivity index (χ1v) is 16.1. The molecule has 8 aromatic rings. The van der Waals surface area contributed by atoms with Gasteiger partial charge in [-0.05, 0) is 86.3 Å². The van der Waals surface area contributed by atoms with E-state index in [2.05, 4.69) is 122 Å². The molecule has 0 N–H and O–H groups in total. The van der Waals surface area contributed by atoms with Crippen molar-refractivity contribution in [2.45, 2.75) is 19.3 Å². The van der Waals surface area contributed by atoms with Crippen molar-refractivity contribution in [3.05, 3.63) is 163 Å². The molecule has 3 heteroatoms. The maximum absolute atomic E-state index is 5.03. The zero-order valence-electron chi connectivity index (χ0n) is 26.3. The van der Waals surface area contributed by atoms with E-state index in [9.17, 15) is 0 Å². The van der Waals surface area contributed by atoms with Gasteiger partial charge >= 0.3 is 0 Å². The van der Waals surface area contributed by atoms with E-state index in [0.29, 0.717) is 0 Å². The SMILES string of the molecule is CC1(C)c2cc(-c3ccc(-c4nc(-c5ccccc5)cc(-c5ccccc5)n4)cc3)cc3ccc4cc(-c5ccccn5)cc1c4c23. The quantitative estimate of drug-likeness (QED) is 0.184. The summed E-state index contributed by atoms with van der Waals surface area (Å²) in [5.41, 5.74) is 12.1. The van der Waals surface area contributed by atoms with Crippen LogP contribution >= 0.6 is 0 Å². The van der Waals surface area contributed by atoms with E-state index in [1.165, 1.54) is 43.8 Å². The van der Waals surface area contributed by atoms with Gasteiger partial charge in [-0.15, -0.1) is 0 Å². The summed E-state index contributed by atoms with van der Waals surface area (Å²) in [4.78, 5) is 14.7. The highest BCUT2D eigenvalue weighted by atomic mass is 14.9. The number of rotatable bonds is 5. The minimum absolute atomic E-state index is 0.138. The fourth-order valence-corrected chi connectivity index (χ4v) is 7.21. The van der Waals surface area contributed by atoms with E-state index in [1.54, 1.807) is 0 Å². The molecule has 0 radical (unpaired) electrons. The third-order valence-electron chi connectivity index (χ3n) is 9.68. The zero-order valence-corrected chi connectivity index (χ0v) is 26.3. The van der Waals surface area contributed by atoms with Crippen LogP contribution in [0.3, 0.4) is 0 Å². The van der Waals surface area contributed by atoms with Crippen molar-refractivity contribution in [1.82, 2.24) is 15.0 Å². The van der Waals surface area contributed by atoms with Crippen LogP contribution in [0.1, 0.15) is 25.0 Å². The first-order valence-electron chi connectivity index (χ1n) is 16.1. The molecule has 0 atom stereocenters. The lowest BCUT2D eigenvalue weighted by molar-refractivity contribution is 0.663. The summed E-state index contributed by atoms with van der Waals surface area (Å²) in [6.07, 6.45) is 1.87. The van der Waals surface area contributed by atoms with Crippen molar-refractivity contribution in [2.75, 3.05) is 0 Å². The van der Waals surface area contributed by atoms with E-state index in [1.807, 2.05) is 48.7 Å². The molecule has 3 nitrogen and oxygen atoms in total. The van der Waals surface area contributed by atoms with Crippen LogP contribution in [-0.4, -0.2) is 15.0 Å². The molecule has 1 aliphatic carbocycles. The van der Waals surface area contributed by atoms with E-state index in [-0.39, 0.29) is 5.41 Å². The number of hydrogen-bond acceptors (Lipinski definition) is 3. The first-order chi connectivity index (χ1) is 23.0. The molecule has 47 heavy (non-hydrogen) atoms. The molecule has 0 amide bonds. The highest BCUT2D eigenvalue weighted by molar-refractivity contribution is 6.16. The van der Waals surface area contributed by atoms with Crippen molar-refractivity contribution in [2.24, 2.45) is 0 Å². The van der Waals surface area contributed by atoms with Gasteiger partial charge in [-0.2, -0.15) is 0 Å². The van der Waals surface area contributed by atoms with E-state index < -0.39 is 0 Å². The molecule has 2 heterocycles. The Labute approximate surface area is 274 Å². The van der Waals surface area contributed by atoms with Gasteiger partial charge in [0.1, 0.15) is 0 Å². The molecule has 0 fully saturated rings. The van der Waals surface area contributed by atoms with Crippen molar-refractivity contribution in [1.29, 1.82) is 0 Å². The Hall–Kier alpha value is -5.93. The van der Waals surface area contributed by atoms with Crippen LogP contribution in [0.2, 0.25) is 0 Å². The third kappa shape index (κ3) is 4.54. The Morgan fingerprint density at radius 3 is 1.51 bits per heavy atom. The molecule has 222 valence electrons. The molecule has 6 aromatic carbocycles. The number of aromatic nitrogens is 3. The maximum atomic E-state index is 5.03. The van der Waals surface area contributed by atoms with Crippen LogP contribution in [0.15, 0.2) is 152 Å². The fourth-order valence-electron chi connectivity index (χ4n) is 7.21. The molecule has 0 bridgehead atoms. The summed E-state index contributed by atoms with van der Waals surface area (Å²) >= 11 is 0. The number of benzene rings is 6. The summed E-state index contributed by atoms with van der Waals surface area (Å²) in [7, 11) is 0. The molecule has 2 aromatic heterocycles. The van der Waals surface area contributed by atoms with Crippen molar-refractivity contribution in [3.63, 3.8) is 0 Å². The molecule has 1 aliphatic rings. The fraction of sp³-hybridized carbons (Fsp3) is 0.0682. The van der Waals surface area contributed by atoms with E-state index >= 15 is 0 Å². The van der Waals surface area contributed by atoms with Gasteiger partial charge in [-0.25, -0.2) is 9.97 Å². The monoisotopic (exact) mass is 601 g/mol. The largest absolute Gasteiger partial charge is 0.256 e. The van der Waals surface area contributed by atoms with E-state index in [4.69, 9.17) is 9.97 Å². The predicted molar refractivity (Wildman–Crippen MR) is 194 cm³/mol. The predicted octanol–water partition coefficient (Wildman–Crippen LogP) is 11.2. The number of hydrogen-bond donors (Lipinski definition) is 0. The highest BCUT2D eigenvalue weighted by Crippen LogP contribution is 2.51. The van der Waals surface area contributed by atoms with Crippen molar-refractivity contribution in [3.8, 4) is 56.3 Å². The summed E-state index contributed by atoms with van der Waals surface area (Å²) in [6.45, 7) is 4.71. The smallest absolute Gasteiger partial charge is 0.160 e. The standard InChI is InChI=1S/C44H31N3/c1-44(2)36-25-34(23-32-20-21-33-24-35(38-15-9-10-22-45-38)26-37(44)42(33)41(32)36)28-16-18-31(19-17-28)43-46-39(29-11-5-3-6-12-29)27-40(47-43)30-13-7-4-8-14-30/h3-27H,1-2H3. The molecule has 0 saturated carbocycles. The van der Waals surface area contributed by atoms with Crippen LogP contribution in [0, 0.1) is 0 Å². The summed E-state index contributed by atoms with van der Waals surface area (Å²) in [6, 6.07) is 51.5. The summed E-state index contributed by atoms with van der Waals surface area (Å²) in [5, 5.41) is 5.29. The maximum Gasteiger partial charge on any atom is 0.160 e. The molecule has 0 unspecified atom stereocenters. The molecular weight excluding hydrogens is 571 g/mol. The second-order valence-electron chi connectivity index (χ2n) is 12.9. The first kappa shape index (κ1) is 27.4. The van der Waals surface area contributed by atoms with Gasteiger partial charge in [0.25, 0.3) is 0 Å². The lowest BCUT2D eigenvalue weighted by Crippen LogP contribution is -2.15. The van der Waals surface area contributed by atoms with Crippen molar-refractivity contribution >= 4 is 21.5 Å². The minimum atomic E-state index is -0.138. The Kier molecular flexibility index (Phi) is 6.16. The van der Waals surface area contributed by atoms with Gasteiger partial charge in [0.05, 0.1) is 17.1 Å². The van der Waals surface area contributed by atoms with Gasteiger partial charge < -0.3 is 0 Å². The lowest BCUT2D eigenvalue weighted by atomic mass is 9.80. The van der Waals surface area contributed by atoms with Crippen LogP contribution in [0.4, 0.5) is 0 Å². The summed E-state index contributed by atoms with van der Waals surface area (Å²) < 4.78 is 0.